The molecule has 0 aromatic heterocycles. The Labute approximate surface area is 103 Å². The zero-order valence-electron chi connectivity index (χ0n) is 10.7. The number of para-hydroxylation sites is 1. The van der Waals surface area contributed by atoms with Crippen molar-refractivity contribution in [3.8, 4) is 11.5 Å². The van der Waals surface area contributed by atoms with Crippen molar-refractivity contribution in [3.63, 3.8) is 0 Å². The molecule has 94 valence electrons. The summed E-state index contributed by atoms with van der Waals surface area (Å²) < 4.78 is 11.3. The molecule has 1 aromatic carbocycles. The Bertz CT molecular complexity index is 374. The van der Waals surface area contributed by atoms with Crippen LogP contribution in [0.15, 0.2) is 30.4 Å². The average Bonchev–Trinajstić information content (AvgIpc) is 2.30. The van der Waals surface area contributed by atoms with Gasteiger partial charge >= 0.3 is 0 Å². The van der Waals surface area contributed by atoms with Gasteiger partial charge in [0, 0.05) is 18.5 Å². The number of hydrogen-bond donors (Lipinski definition) is 1. The number of rotatable bonds is 7. The minimum Gasteiger partial charge on any atom is -0.490 e. The molecule has 0 saturated carbocycles. The summed E-state index contributed by atoms with van der Waals surface area (Å²) in [5.74, 6) is 1.52. The Morgan fingerprint density at radius 1 is 1.35 bits per heavy atom. The molecule has 0 aliphatic heterocycles. The van der Waals surface area contributed by atoms with Gasteiger partial charge in [-0.3, -0.25) is 0 Å². The fraction of sp³-hybridized carbons (Fsp3) is 0.429. The Kier molecular flexibility index (Phi) is 5.57. The van der Waals surface area contributed by atoms with Crippen molar-refractivity contribution in [3.05, 3.63) is 35.9 Å². The average molecular weight is 235 g/mol. The number of nitrogens with two attached hydrogens (primary N) is 1. The van der Waals surface area contributed by atoms with Crippen LogP contribution in [-0.2, 0) is 6.54 Å². The normalized spacial score (nSPS) is 10.1. The van der Waals surface area contributed by atoms with Gasteiger partial charge in [-0.1, -0.05) is 17.7 Å². The molecule has 0 unspecified atom stereocenters. The molecule has 0 bridgehead atoms. The van der Waals surface area contributed by atoms with Crippen molar-refractivity contribution in [1.29, 1.82) is 0 Å². The molecule has 3 nitrogen and oxygen atoms in total. The fourth-order valence-corrected chi connectivity index (χ4v) is 1.48. The summed E-state index contributed by atoms with van der Waals surface area (Å²) in [6.45, 7) is 9.46. The maximum atomic E-state index is 5.76. The van der Waals surface area contributed by atoms with Crippen molar-refractivity contribution in [1.82, 2.24) is 0 Å². The van der Waals surface area contributed by atoms with E-state index in [4.69, 9.17) is 15.2 Å². The first-order valence-corrected chi connectivity index (χ1v) is 5.91. The standard InChI is InChI=1S/C14H21NO2/c1-4-16-13-7-5-6-12(10-15)14(13)17-9-8-11(2)3/h5-7H,2,4,8-10,15H2,1,3H3. The number of hydrogen-bond acceptors (Lipinski definition) is 3. The predicted octanol–water partition coefficient (Wildman–Crippen LogP) is 2.89. The predicted molar refractivity (Wildman–Crippen MR) is 70.4 cm³/mol. The minimum absolute atomic E-state index is 0.448. The van der Waals surface area contributed by atoms with Gasteiger partial charge in [-0.05, 0) is 19.9 Å². The number of ether oxygens (including phenoxy) is 2. The van der Waals surface area contributed by atoms with Crippen molar-refractivity contribution >= 4 is 0 Å². The van der Waals surface area contributed by atoms with Crippen LogP contribution < -0.4 is 15.2 Å². The third-order valence-electron chi connectivity index (χ3n) is 2.36. The van der Waals surface area contributed by atoms with E-state index in [9.17, 15) is 0 Å². The van der Waals surface area contributed by atoms with Crippen molar-refractivity contribution < 1.29 is 9.47 Å². The van der Waals surface area contributed by atoms with E-state index >= 15 is 0 Å². The molecule has 1 rings (SSSR count). The lowest BCUT2D eigenvalue weighted by atomic mass is 10.2. The molecular weight excluding hydrogens is 214 g/mol. The van der Waals surface area contributed by atoms with Gasteiger partial charge in [0.2, 0.25) is 0 Å². The second-order valence-electron chi connectivity index (χ2n) is 3.94. The largest absolute Gasteiger partial charge is 0.490 e. The van der Waals surface area contributed by atoms with Crippen molar-refractivity contribution in [2.24, 2.45) is 5.73 Å². The zero-order chi connectivity index (χ0) is 12.7. The summed E-state index contributed by atoms with van der Waals surface area (Å²) in [7, 11) is 0. The SMILES string of the molecule is C=C(C)CCOc1c(CN)cccc1OCC. The van der Waals surface area contributed by atoms with E-state index in [0.717, 1.165) is 29.1 Å². The lowest BCUT2D eigenvalue weighted by Gasteiger charge is -2.15. The highest BCUT2D eigenvalue weighted by Crippen LogP contribution is 2.31. The second kappa shape index (κ2) is 6.97. The first kappa shape index (κ1) is 13.6. The topological polar surface area (TPSA) is 44.5 Å². The highest BCUT2D eigenvalue weighted by Gasteiger charge is 2.09. The summed E-state index contributed by atoms with van der Waals surface area (Å²) in [5.41, 5.74) is 7.77. The molecular formula is C14H21NO2. The lowest BCUT2D eigenvalue weighted by molar-refractivity contribution is 0.276. The van der Waals surface area contributed by atoms with E-state index in [0.29, 0.717) is 19.8 Å². The molecule has 0 aliphatic rings. The summed E-state index contributed by atoms with van der Waals surface area (Å²) in [5, 5.41) is 0. The molecule has 0 saturated heterocycles. The maximum Gasteiger partial charge on any atom is 0.165 e. The van der Waals surface area contributed by atoms with Gasteiger partial charge in [0.15, 0.2) is 11.5 Å². The summed E-state index contributed by atoms with van der Waals surface area (Å²) >= 11 is 0. The van der Waals surface area contributed by atoms with E-state index < -0.39 is 0 Å². The minimum atomic E-state index is 0.448. The zero-order valence-corrected chi connectivity index (χ0v) is 10.7. The Morgan fingerprint density at radius 3 is 2.71 bits per heavy atom. The number of benzene rings is 1. The molecule has 0 aliphatic carbocycles. The van der Waals surface area contributed by atoms with Crippen molar-refractivity contribution in [2.45, 2.75) is 26.8 Å². The van der Waals surface area contributed by atoms with E-state index in [1.54, 1.807) is 0 Å². The van der Waals surface area contributed by atoms with E-state index in [2.05, 4.69) is 6.58 Å². The van der Waals surface area contributed by atoms with Crippen LogP contribution in [0.2, 0.25) is 0 Å². The molecule has 0 atom stereocenters. The first-order chi connectivity index (χ1) is 8.19. The van der Waals surface area contributed by atoms with Gasteiger partial charge in [-0.25, -0.2) is 0 Å². The van der Waals surface area contributed by atoms with Crippen molar-refractivity contribution in [2.75, 3.05) is 13.2 Å². The van der Waals surface area contributed by atoms with Gasteiger partial charge in [0.1, 0.15) is 0 Å². The van der Waals surface area contributed by atoms with Gasteiger partial charge in [-0.2, -0.15) is 0 Å². The van der Waals surface area contributed by atoms with Crippen LogP contribution >= 0.6 is 0 Å². The highest BCUT2D eigenvalue weighted by molar-refractivity contribution is 5.46. The third-order valence-corrected chi connectivity index (χ3v) is 2.36. The van der Waals surface area contributed by atoms with E-state index in [1.807, 2.05) is 32.0 Å². The van der Waals surface area contributed by atoms with Crippen LogP contribution in [-0.4, -0.2) is 13.2 Å². The van der Waals surface area contributed by atoms with Gasteiger partial charge in [0.25, 0.3) is 0 Å². The molecule has 1 aromatic rings. The Hall–Kier alpha value is -1.48. The molecule has 0 fully saturated rings. The monoisotopic (exact) mass is 235 g/mol. The van der Waals surface area contributed by atoms with Crippen LogP contribution in [0.5, 0.6) is 11.5 Å². The second-order valence-corrected chi connectivity index (χ2v) is 3.94. The third kappa shape index (κ3) is 4.11. The molecule has 3 heteroatoms. The van der Waals surface area contributed by atoms with Gasteiger partial charge in [-0.15, -0.1) is 6.58 Å². The van der Waals surface area contributed by atoms with Crippen LogP contribution in [0.25, 0.3) is 0 Å². The molecule has 2 N–H and O–H groups in total. The molecule has 0 heterocycles. The molecule has 0 radical (unpaired) electrons. The molecule has 17 heavy (non-hydrogen) atoms. The van der Waals surface area contributed by atoms with E-state index in [-0.39, 0.29) is 0 Å². The highest BCUT2D eigenvalue weighted by atomic mass is 16.5. The quantitative estimate of drug-likeness (QED) is 0.739. The maximum absolute atomic E-state index is 5.76. The van der Waals surface area contributed by atoms with Crippen LogP contribution in [0, 0.1) is 0 Å². The fourth-order valence-electron chi connectivity index (χ4n) is 1.48. The van der Waals surface area contributed by atoms with Gasteiger partial charge < -0.3 is 15.2 Å². The van der Waals surface area contributed by atoms with Crippen LogP contribution in [0.3, 0.4) is 0 Å². The lowest BCUT2D eigenvalue weighted by Crippen LogP contribution is -2.06. The smallest absolute Gasteiger partial charge is 0.165 e. The van der Waals surface area contributed by atoms with Crippen LogP contribution in [0.4, 0.5) is 0 Å². The summed E-state index contributed by atoms with van der Waals surface area (Å²) in [6.07, 6.45) is 0.838. The summed E-state index contributed by atoms with van der Waals surface area (Å²) in [6, 6.07) is 5.79. The first-order valence-electron chi connectivity index (χ1n) is 5.91. The molecule has 0 spiro atoms. The Morgan fingerprint density at radius 2 is 2.12 bits per heavy atom. The van der Waals surface area contributed by atoms with Gasteiger partial charge in [0.05, 0.1) is 13.2 Å². The Balaban J connectivity index is 2.80. The van der Waals surface area contributed by atoms with E-state index in [1.165, 1.54) is 0 Å². The summed E-state index contributed by atoms with van der Waals surface area (Å²) in [4.78, 5) is 0. The molecule has 0 amide bonds. The van der Waals surface area contributed by atoms with Crippen LogP contribution in [0.1, 0.15) is 25.8 Å².